The molecule has 27 heavy (non-hydrogen) atoms. The number of pyridine rings is 1. The van der Waals surface area contributed by atoms with Gasteiger partial charge in [0.05, 0.1) is 11.8 Å². The summed E-state index contributed by atoms with van der Waals surface area (Å²) >= 11 is 0. The minimum absolute atomic E-state index is 0.0134. The molecule has 4 rings (SSSR count). The van der Waals surface area contributed by atoms with Crippen LogP contribution in [-0.4, -0.2) is 24.9 Å². The van der Waals surface area contributed by atoms with Crippen LogP contribution in [0, 0.1) is 6.92 Å². The number of nitrogen functional groups attached to an aromatic ring is 1. The molecule has 0 bridgehead atoms. The molecule has 0 saturated carbocycles. The van der Waals surface area contributed by atoms with Gasteiger partial charge in [-0.15, -0.1) is 0 Å². The number of nitrogens with two attached hydrogens (primary N) is 1. The Hall–Kier alpha value is -3.48. The van der Waals surface area contributed by atoms with Gasteiger partial charge in [-0.2, -0.15) is 10.1 Å². The zero-order chi connectivity index (χ0) is 19.0. The highest BCUT2D eigenvalue weighted by molar-refractivity contribution is 5.65. The Morgan fingerprint density at radius 1 is 1.07 bits per heavy atom. The summed E-state index contributed by atoms with van der Waals surface area (Å²) in [6.07, 6.45) is 5.35. The number of benzene rings is 1. The van der Waals surface area contributed by atoms with Gasteiger partial charge in [-0.05, 0) is 29.7 Å². The van der Waals surface area contributed by atoms with Gasteiger partial charge in [-0.3, -0.25) is 4.68 Å². The molecule has 136 valence electrons. The predicted molar refractivity (Wildman–Crippen MR) is 103 cm³/mol. The Morgan fingerprint density at radius 3 is 2.52 bits per heavy atom. The SMILES string of the molecule is Cc1cc(-c2ccc([C@H](C)c3noc(-c4cnn(C)c4)n3)cc2)cnc1N. The van der Waals surface area contributed by atoms with Crippen LogP contribution in [0.2, 0.25) is 0 Å². The zero-order valence-electron chi connectivity index (χ0n) is 15.4. The Morgan fingerprint density at radius 2 is 1.85 bits per heavy atom. The average Bonchev–Trinajstić information content (AvgIpc) is 3.32. The van der Waals surface area contributed by atoms with Crippen LogP contribution in [0.5, 0.6) is 0 Å². The van der Waals surface area contributed by atoms with Crippen molar-refractivity contribution in [1.82, 2.24) is 24.9 Å². The number of aromatic nitrogens is 5. The molecule has 0 radical (unpaired) electrons. The van der Waals surface area contributed by atoms with Gasteiger partial charge in [0.2, 0.25) is 0 Å². The quantitative estimate of drug-likeness (QED) is 0.598. The molecule has 0 spiro atoms. The monoisotopic (exact) mass is 360 g/mol. The molecule has 7 nitrogen and oxygen atoms in total. The largest absolute Gasteiger partial charge is 0.383 e. The van der Waals surface area contributed by atoms with Crippen molar-refractivity contribution in [2.24, 2.45) is 7.05 Å². The normalized spacial score (nSPS) is 12.3. The van der Waals surface area contributed by atoms with E-state index in [1.165, 1.54) is 0 Å². The van der Waals surface area contributed by atoms with Gasteiger partial charge in [-0.1, -0.05) is 36.3 Å². The first kappa shape index (κ1) is 17.0. The summed E-state index contributed by atoms with van der Waals surface area (Å²) in [7, 11) is 1.85. The molecule has 3 aromatic heterocycles. The minimum Gasteiger partial charge on any atom is -0.383 e. The third kappa shape index (κ3) is 3.31. The fourth-order valence-electron chi connectivity index (χ4n) is 2.92. The van der Waals surface area contributed by atoms with E-state index < -0.39 is 0 Å². The molecule has 3 heterocycles. The maximum absolute atomic E-state index is 5.80. The highest BCUT2D eigenvalue weighted by atomic mass is 16.5. The average molecular weight is 360 g/mol. The van der Waals surface area contributed by atoms with Gasteiger partial charge in [0.15, 0.2) is 5.82 Å². The van der Waals surface area contributed by atoms with Crippen LogP contribution < -0.4 is 5.73 Å². The van der Waals surface area contributed by atoms with Crippen molar-refractivity contribution in [2.45, 2.75) is 19.8 Å². The molecule has 0 unspecified atom stereocenters. The molecular weight excluding hydrogens is 340 g/mol. The number of hydrogen-bond donors (Lipinski definition) is 1. The topological polar surface area (TPSA) is 95.6 Å². The van der Waals surface area contributed by atoms with E-state index in [0.717, 1.165) is 27.8 Å². The van der Waals surface area contributed by atoms with Gasteiger partial charge in [-0.25, -0.2) is 4.98 Å². The van der Waals surface area contributed by atoms with Gasteiger partial charge in [0.1, 0.15) is 5.82 Å². The van der Waals surface area contributed by atoms with Crippen LogP contribution >= 0.6 is 0 Å². The van der Waals surface area contributed by atoms with Crippen molar-refractivity contribution < 1.29 is 4.52 Å². The lowest BCUT2D eigenvalue weighted by atomic mass is 9.97. The molecule has 0 aliphatic carbocycles. The summed E-state index contributed by atoms with van der Waals surface area (Å²) in [5.74, 6) is 1.70. The molecule has 0 fully saturated rings. The summed E-state index contributed by atoms with van der Waals surface area (Å²) in [4.78, 5) is 8.75. The van der Waals surface area contributed by atoms with E-state index in [-0.39, 0.29) is 5.92 Å². The van der Waals surface area contributed by atoms with E-state index in [0.29, 0.717) is 17.5 Å². The minimum atomic E-state index is 0.0134. The highest BCUT2D eigenvalue weighted by Crippen LogP contribution is 2.27. The Kier molecular flexibility index (Phi) is 4.19. The zero-order valence-corrected chi connectivity index (χ0v) is 15.4. The molecule has 2 N–H and O–H groups in total. The van der Waals surface area contributed by atoms with Crippen molar-refractivity contribution in [3.05, 3.63) is 65.9 Å². The van der Waals surface area contributed by atoms with E-state index in [2.05, 4.69) is 51.4 Å². The molecule has 0 saturated heterocycles. The number of anilines is 1. The van der Waals surface area contributed by atoms with Crippen molar-refractivity contribution in [3.8, 4) is 22.6 Å². The molecule has 4 aromatic rings. The first-order valence-electron chi connectivity index (χ1n) is 8.66. The maximum Gasteiger partial charge on any atom is 0.261 e. The second-order valence-electron chi connectivity index (χ2n) is 6.63. The van der Waals surface area contributed by atoms with Crippen molar-refractivity contribution >= 4 is 5.82 Å². The molecule has 1 aromatic carbocycles. The van der Waals surface area contributed by atoms with E-state index in [1.807, 2.05) is 26.2 Å². The molecule has 1 atom stereocenters. The lowest BCUT2D eigenvalue weighted by molar-refractivity contribution is 0.420. The third-order valence-electron chi connectivity index (χ3n) is 4.64. The summed E-state index contributed by atoms with van der Waals surface area (Å²) in [6, 6.07) is 10.3. The number of aryl methyl sites for hydroxylation is 2. The first-order valence-corrected chi connectivity index (χ1v) is 8.66. The van der Waals surface area contributed by atoms with Crippen LogP contribution in [0.25, 0.3) is 22.6 Å². The van der Waals surface area contributed by atoms with Crippen LogP contribution in [0.15, 0.2) is 53.4 Å². The van der Waals surface area contributed by atoms with E-state index >= 15 is 0 Å². The van der Waals surface area contributed by atoms with Crippen LogP contribution in [0.3, 0.4) is 0 Å². The van der Waals surface area contributed by atoms with E-state index in [1.54, 1.807) is 17.1 Å². The second-order valence-corrected chi connectivity index (χ2v) is 6.63. The van der Waals surface area contributed by atoms with Crippen molar-refractivity contribution in [1.29, 1.82) is 0 Å². The van der Waals surface area contributed by atoms with E-state index in [4.69, 9.17) is 10.3 Å². The van der Waals surface area contributed by atoms with Gasteiger partial charge >= 0.3 is 0 Å². The Bertz CT molecular complexity index is 1080. The Balaban J connectivity index is 1.56. The van der Waals surface area contributed by atoms with Crippen molar-refractivity contribution in [3.63, 3.8) is 0 Å². The lowest BCUT2D eigenvalue weighted by Crippen LogP contribution is -1.98. The van der Waals surface area contributed by atoms with Crippen molar-refractivity contribution in [2.75, 3.05) is 5.73 Å². The smallest absolute Gasteiger partial charge is 0.261 e. The fourth-order valence-corrected chi connectivity index (χ4v) is 2.92. The number of nitrogens with zero attached hydrogens (tertiary/aromatic N) is 5. The Labute approximate surface area is 156 Å². The molecular formula is C20H20N6O. The first-order chi connectivity index (χ1) is 13.0. The number of rotatable bonds is 4. The molecule has 0 aliphatic rings. The fraction of sp³-hybridized carbons (Fsp3) is 0.200. The maximum atomic E-state index is 5.80. The predicted octanol–water partition coefficient (Wildman–Crippen LogP) is 3.57. The van der Waals surface area contributed by atoms with Gasteiger partial charge in [0, 0.05) is 30.9 Å². The third-order valence-corrected chi connectivity index (χ3v) is 4.64. The van der Waals surface area contributed by atoms with Crippen LogP contribution in [0.1, 0.15) is 29.8 Å². The summed E-state index contributed by atoms with van der Waals surface area (Å²) in [5.41, 5.74) is 10.8. The summed E-state index contributed by atoms with van der Waals surface area (Å²) in [6.45, 7) is 4.01. The standard InChI is InChI=1S/C20H20N6O/c1-12-8-16(9-22-18(12)21)15-6-4-14(5-7-15)13(2)19-24-20(27-25-19)17-10-23-26(3)11-17/h4-11,13H,1-3H3,(H2,21,22)/t13-/m0/s1. The number of hydrogen-bond acceptors (Lipinski definition) is 6. The lowest BCUT2D eigenvalue weighted by Gasteiger charge is -2.09. The highest BCUT2D eigenvalue weighted by Gasteiger charge is 2.17. The summed E-state index contributed by atoms with van der Waals surface area (Å²) < 4.78 is 7.09. The van der Waals surface area contributed by atoms with Gasteiger partial charge < -0.3 is 10.3 Å². The second kappa shape index (κ2) is 6.68. The van der Waals surface area contributed by atoms with Gasteiger partial charge in [0.25, 0.3) is 5.89 Å². The van der Waals surface area contributed by atoms with Crippen LogP contribution in [0.4, 0.5) is 5.82 Å². The molecule has 0 amide bonds. The van der Waals surface area contributed by atoms with Crippen LogP contribution in [-0.2, 0) is 7.05 Å². The van der Waals surface area contributed by atoms with E-state index in [9.17, 15) is 0 Å². The summed E-state index contributed by atoms with van der Waals surface area (Å²) in [5, 5.41) is 8.26. The molecule has 0 aliphatic heterocycles. The molecule has 7 heteroatoms.